The molecule has 162 valence electrons. The number of anilines is 1. The minimum atomic E-state index is -4.16. The second-order valence-electron chi connectivity index (χ2n) is 7.04. The van der Waals surface area contributed by atoms with Crippen LogP contribution in [0.4, 0.5) is 5.00 Å². The van der Waals surface area contributed by atoms with E-state index in [1.165, 1.54) is 11.3 Å². The first-order valence-corrected chi connectivity index (χ1v) is 12.3. The molecule has 0 saturated carbocycles. The van der Waals surface area contributed by atoms with Gasteiger partial charge in [0, 0.05) is 4.88 Å². The van der Waals surface area contributed by atoms with Crippen LogP contribution >= 0.6 is 34.5 Å². The van der Waals surface area contributed by atoms with E-state index in [-0.39, 0.29) is 22.2 Å². The molecule has 3 rings (SSSR count). The van der Waals surface area contributed by atoms with Crippen molar-refractivity contribution in [2.75, 3.05) is 11.9 Å². The van der Waals surface area contributed by atoms with Gasteiger partial charge in [0.25, 0.3) is 5.91 Å². The molecule has 7 nitrogen and oxygen atoms in total. The van der Waals surface area contributed by atoms with Crippen molar-refractivity contribution in [2.24, 2.45) is 11.1 Å². The van der Waals surface area contributed by atoms with E-state index in [0.29, 0.717) is 22.9 Å². The van der Waals surface area contributed by atoms with Crippen LogP contribution in [0.5, 0.6) is 0 Å². The number of esters is 1. The first-order valence-electron chi connectivity index (χ1n) is 9.17. The summed E-state index contributed by atoms with van der Waals surface area (Å²) in [6, 6.07) is 2.17. The maximum absolute atomic E-state index is 12.9. The summed E-state index contributed by atoms with van der Waals surface area (Å²) in [6.45, 7) is 4.04. The Labute approximate surface area is 188 Å². The van der Waals surface area contributed by atoms with Gasteiger partial charge in [-0.15, -0.1) is 11.3 Å². The lowest BCUT2D eigenvalue weighted by Gasteiger charge is -2.18. The maximum atomic E-state index is 12.9. The molecular weight excluding hydrogens is 471 g/mol. The minimum absolute atomic E-state index is 0.0440. The number of fused-ring (bicyclic) bond motifs is 1. The number of carbonyl (C=O) groups excluding carboxylic acids is 2. The van der Waals surface area contributed by atoms with Crippen LogP contribution in [0.25, 0.3) is 0 Å². The molecule has 1 amide bonds. The fourth-order valence-electron chi connectivity index (χ4n) is 3.35. The van der Waals surface area contributed by atoms with Crippen LogP contribution in [0.1, 0.15) is 51.4 Å². The highest BCUT2D eigenvalue weighted by molar-refractivity contribution is 7.89. The summed E-state index contributed by atoms with van der Waals surface area (Å²) < 4.78 is 28.7. The Balaban J connectivity index is 2.03. The van der Waals surface area contributed by atoms with Gasteiger partial charge in [-0.3, -0.25) is 4.79 Å². The first kappa shape index (κ1) is 23.0. The standard InChI is InChI=1S/C19H20Cl2N2O5S2/c1-3-28-19(25)16-10-5-4-9(2)6-14(10)29-18(16)23-17(24)11-7-15(30(22,26)27)13(21)8-12(11)20/h7-9H,3-6H2,1-2H3,(H,23,24)(H2,22,26,27)/t9-/m0/s1. The van der Waals surface area contributed by atoms with Gasteiger partial charge in [0.05, 0.1) is 27.8 Å². The molecule has 1 heterocycles. The number of ether oxygens (including phenoxy) is 1. The molecule has 1 atom stereocenters. The molecule has 1 aromatic heterocycles. The minimum Gasteiger partial charge on any atom is -0.462 e. The molecular formula is C19H20Cl2N2O5S2. The average molecular weight is 491 g/mol. The lowest BCUT2D eigenvalue weighted by atomic mass is 9.88. The summed E-state index contributed by atoms with van der Waals surface area (Å²) in [5, 5.41) is 7.97. The molecule has 11 heteroatoms. The van der Waals surface area contributed by atoms with E-state index in [1.54, 1.807) is 6.92 Å². The second-order valence-corrected chi connectivity index (χ2v) is 10.5. The van der Waals surface area contributed by atoms with E-state index in [4.69, 9.17) is 33.1 Å². The molecule has 0 spiro atoms. The Hall–Kier alpha value is -1.65. The molecule has 1 aromatic carbocycles. The lowest BCUT2D eigenvalue weighted by molar-refractivity contribution is 0.0526. The summed E-state index contributed by atoms with van der Waals surface area (Å²) in [5.74, 6) is -0.719. The van der Waals surface area contributed by atoms with Crippen LogP contribution in [-0.4, -0.2) is 26.9 Å². The van der Waals surface area contributed by atoms with Gasteiger partial charge in [-0.25, -0.2) is 18.4 Å². The van der Waals surface area contributed by atoms with Crippen molar-refractivity contribution >= 4 is 61.4 Å². The smallest absolute Gasteiger partial charge is 0.341 e. The zero-order valence-electron chi connectivity index (χ0n) is 16.3. The highest BCUT2D eigenvalue weighted by atomic mass is 35.5. The lowest BCUT2D eigenvalue weighted by Crippen LogP contribution is -2.18. The van der Waals surface area contributed by atoms with Crippen molar-refractivity contribution in [1.82, 2.24) is 0 Å². The van der Waals surface area contributed by atoms with Gasteiger partial charge in [-0.05, 0) is 49.8 Å². The number of rotatable bonds is 5. The first-order chi connectivity index (χ1) is 14.0. The van der Waals surface area contributed by atoms with Gasteiger partial charge >= 0.3 is 5.97 Å². The summed E-state index contributed by atoms with van der Waals surface area (Å²) in [7, 11) is -4.16. The van der Waals surface area contributed by atoms with Gasteiger partial charge in [0.1, 0.15) is 9.90 Å². The second kappa shape index (κ2) is 8.84. The molecule has 1 aliphatic carbocycles. The molecule has 2 aromatic rings. The zero-order chi connectivity index (χ0) is 22.2. The normalized spacial score (nSPS) is 16.1. The fraction of sp³-hybridized carbons (Fsp3) is 0.368. The van der Waals surface area contributed by atoms with Crippen LogP contribution in [0.3, 0.4) is 0 Å². The summed E-state index contributed by atoms with van der Waals surface area (Å²) in [6.07, 6.45) is 2.46. The molecule has 30 heavy (non-hydrogen) atoms. The van der Waals surface area contributed by atoms with Crippen molar-refractivity contribution in [3.05, 3.63) is 43.7 Å². The maximum Gasteiger partial charge on any atom is 0.341 e. The fourth-order valence-corrected chi connectivity index (χ4v) is 6.15. The predicted octanol–water partition coefficient (Wildman–Crippen LogP) is 4.26. The van der Waals surface area contributed by atoms with E-state index in [2.05, 4.69) is 12.2 Å². The van der Waals surface area contributed by atoms with Gasteiger partial charge in [0.15, 0.2) is 0 Å². The molecule has 0 fully saturated rings. The number of hydrogen-bond donors (Lipinski definition) is 2. The van der Waals surface area contributed by atoms with Crippen LogP contribution in [-0.2, 0) is 27.6 Å². The predicted molar refractivity (Wildman–Crippen MR) is 117 cm³/mol. The molecule has 3 N–H and O–H groups in total. The number of hydrogen-bond acceptors (Lipinski definition) is 6. The summed E-state index contributed by atoms with van der Waals surface area (Å²) >= 11 is 13.3. The van der Waals surface area contributed by atoms with E-state index < -0.39 is 26.8 Å². The van der Waals surface area contributed by atoms with Crippen molar-refractivity contribution in [3.8, 4) is 0 Å². The molecule has 0 aliphatic heterocycles. The average Bonchev–Trinajstić information content (AvgIpc) is 2.97. The highest BCUT2D eigenvalue weighted by Gasteiger charge is 2.30. The van der Waals surface area contributed by atoms with Crippen LogP contribution in [0, 0.1) is 5.92 Å². The Morgan fingerprint density at radius 2 is 2.00 bits per heavy atom. The third-order valence-corrected chi connectivity index (χ3v) is 7.65. The summed E-state index contributed by atoms with van der Waals surface area (Å²) in [4.78, 5) is 26.1. The molecule has 0 radical (unpaired) electrons. The number of amides is 1. The summed E-state index contributed by atoms with van der Waals surface area (Å²) in [5.41, 5.74) is 1.10. The van der Waals surface area contributed by atoms with Crippen molar-refractivity contribution in [2.45, 2.75) is 38.0 Å². The number of nitrogens with one attached hydrogen (secondary N) is 1. The van der Waals surface area contributed by atoms with Crippen molar-refractivity contribution < 1.29 is 22.7 Å². The topological polar surface area (TPSA) is 116 Å². The van der Waals surface area contributed by atoms with E-state index in [1.807, 2.05) is 0 Å². The van der Waals surface area contributed by atoms with Crippen molar-refractivity contribution in [3.63, 3.8) is 0 Å². The van der Waals surface area contributed by atoms with Crippen molar-refractivity contribution in [1.29, 1.82) is 0 Å². The van der Waals surface area contributed by atoms with Gasteiger partial charge in [-0.2, -0.15) is 0 Å². The highest BCUT2D eigenvalue weighted by Crippen LogP contribution is 2.40. The molecule has 0 unspecified atom stereocenters. The van der Waals surface area contributed by atoms with Crippen LogP contribution in [0.15, 0.2) is 17.0 Å². The number of sulfonamides is 1. The van der Waals surface area contributed by atoms with E-state index in [0.717, 1.165) is 35.4 Å². The van der Waals surface area contributed by atoms with Gasteiger partial charge in [0.2, 0.25) is 10.0 Å². The third-order valence-electron chi connectivity index (χ3n) is 4.79. The Morgan fingerprint density at radius 3 is 2.63 bits per heavy atom. The quantitative estimate of drug-likeness (QED) is 0.607. The number of primary sulfonamides is 1. The number of thiophene rings is 1. The number of nitrogens with two attached hydrogens (primary N) is 1. The number of carbonyl (C=O) groups is 2. The Morgan fingerprint density at radius 1 is 1.30 bits per heavy atom. The van der Waals surface area contributed by atoms with Crippen LogP contribution in [0.2, 0.25) is 10.0 Å². The van der Waals surface area contributed by atoms with E-state index >= 15 is 0 Å². The molecule has 0 saturated heterocycles. The van der Waals surface area contributed by atoms with E-state index in [9.17, 15) is 18.0 Å². The third kappa shape index (κ3) is 4.65. The Bertz CT molecular complexity index is 1130. The van der Waals surface area contributed by atoms with Gasteiger partial charge < -0.3 is 10.1 Å². The Kier molecular flexibility index (Phi) is 6.78. The van der Waals surface area contributed by atoms with Gasteiger partial charge in [-0.1, -0.05) is 30.1 Å². The zero-order valence-corrected chi connectivity index (χ0v) is 19.4. The largest absolute Gasteiger partial charge is 0.462 e. The molecule has 1 aliphatic rings. The number of halogens is 2. The monoisotopic (exact) mass is 490 g/mol. The van der Waals surface area contributed by atoms with Crippen LogP contribution < -0.4 is 10.5 Å². The SMILES string of the molecule is CCOC(=O)c1c(NC(=O)c2cc(S(N)(=O)=O)c(Cl)cc2Cl)sc2c1CC[C@H](C)C2. The number of benzene rings is 1. The molecule has 0 bridgehead atoms.